The van der Waals surface area contributed by atoms with E-state index in [0.717, 1.165) is 50.6 Å². The highest BCUT2D eigenvalue weighted by atomic mass is 32.2. The molecule has 0 saturated carbocycles. The van der Waals surface area contributed by atoms with Gasteiger partial charge in [0.2, 0.25) is 0 Å². The number of anilines is 1. The van der Waals surface area contributed by atoms with Crippen molar-refractivity contribution in [3.63, 3.8) is 0 Å². The van der Waals surface area contributed by atoms with Gasteiger partial charge in [0.15, 0.2) is 0 Å². The highest BCUT2D eigenvalue weighted by Crippen LogP contribution is 2.38. The number of likely N-dealkylation sites (N-methyl/N-ethyl adjacent to an activating group) is 1. The second-order valence-corrected chi connectivity index (χ2v) is 11.3. The van der Waals surface area contributed by atoms with Gasteiger partial charge < -0.3 is 10.2 Å². The van der Waals surface area contributed by atoms with E-state index in [-0.39, 0.29) is 0 Å². The van der Waals surface area contributed by atoms with E-state index in [9.17, 15) is 13.2 Å². The topological polar surface area (TPSA) is 81.8 Å². The summed E-state index contributed by atoms with van der Waals surface area (Å²) in [5.74, 6) is 0. The fourth-order valence-corrected chi connectivity index (χ4v) is 6.16. The Morgan fingerprint density at radius 1 is 0.912 bits per heavy atom. The molecule has 8 heteroatoms. The van der Waals surface area contributed by atoms with Crippen LogP contribution < -0.4 is 10.0 Å². The minimum atomic E-state index is -3.98. The van der Waals surface area contributed by atoms with Gasteiger partial charge in [-0.1, -0.05) is 36.4 Å². The molecule has 0 heterocycles. The first-order valence-electron chi connectivity index (χ1n) is 12.3. The summed E-state index contributed by atoms with van der Waals surface area (Å²) < 4.78 is 30.1. The molecular weight excluding hydrogens is 448 g/mol. The average molecular weight is 485 g/mol. The van der Waals surface area contributed by atoms with Crippen LogP contribution >= 0.6 is 0 Å². The summed E-state index contributed by atoms with van der Waals surface area (Å²) >= 11 is 0. The number of nitrogens with one attached hydrogen (secondary N) is 2. The second-order valence-electron chi connectivity index (χ2n) is 9.59. The third kappa shape index (κ3) is 5.98. The Hall–Kier alpha value is -2.42. The molecule has 2 aromatic carbocycles. The Kier molecular flexibility index (Phi) is 7.91. The Morgan fingerprint density at radius 3 is 2.18 bits per heavy atom. The Morgan fingerprint density at radius 2 is 1.56 bits per heavy atom. The predicted octanol–water partition coefficient (Wildman–Crippen LogP) is 3.53. The molecule has 4 rings (SSSR count). The molecule has 0 radical (unpaired) electrons. The summed E-state index contributed by atoms with van der Waals surface area (Å²) in [6, 6.07) is 11.6. The van der Waals surface area contributed by atoms with Crippen molar-refractivity contribution in [3.05, 3.63) is 64.2 Å². The molecule has 0 aliphatic heterocycles. The monoisotopic (exact) mass is 484 g/mol. The zero-order valence-electron chi connectivity index (χ0n) is 20.3. The van der Waals surface area contributed by atoms with Gasteiger partial charge >= 0.3 is 16.2 Å². The average Bonchev–Trinajstić information content (AvgIpc) is 3.45. The molecule has 0 aromatic heterocycles. The van der Waals surface area contributed by atoms with E-state index < -0.39 is 16.2 Å². The van der Waals surface area contributed by atoms with E-state index in [1.165, 1.54) is 32.1 Å². The van der Waals surface area contributed by atoms with Crippen molar-refractivity contribution in [2.75, 3.05) is 39.0 Å². The number of fused-ring (bicyclic) bond motifs is 2. The predicted molar refractivity (Wildman–Crippen MR) is 136 cm³/mol. The maximum absolute atomic E-state index is 13.2. The lowest BCUT2D eigenvalue weighted by Crippen LogP contribution is -2.47. The molecule has 0 spiro atoms. The quantitative estimate of drug-likeness (QED) is 0.541. The van der Waals surface area contributed by atoms with E-state index in [2.05, 4.69) is 16.1 Å². The number of amides is 2. The van der Waals surface area contributed by atoms with Gasteiger partial charge in [-0.25, -0.2) is 9.52 Å². The van der Waals surface area contributed by atoms with E-state index in [0.29, 0.717) is 26.1 Å². The number of aryl methyl sites for hydroxylation is 3. The summed E-state index contributed by atoms with van der Waals surface area (Å²) in [6.45, 7) is 1.25. The van der Waals surface area contributed by atoms with Gasteiger partial charge in [-0.05, 0) is 93.3 Å². The van der Waals surface area contributed by atoms with Crippen LogP contribution in [-0.2, 0) is 42.3 Å². The Bertz CT molecular complexity index is 1080. The lowest BCUT2D eigenvalue weighted by Gasteiger charge is -2.24. The van der Waals surface area contributed by atoms with E-state index in [1.54, 1.807) is 0 Å². The molecule has 34 heavy (non-hydrogen) atoms. The van der Waals surface area contributed by atoms with Crippen LogP contribution in [0.5, 0.6) is 0 Å². The summed E-state index contributed by atoms with van der Waals surface area (Å²) in [7, 11) is -0.159. The lowest BCUT2D eigenvalue weighted by molar-refractivity contribution is 0.255. The SMILES string of the molecule is CN(C)CCN(CCCc1ccccc1)S(=O)(=O)NC(=O)Nc1c2c(cc3c1CCC3)CCC2. The van der Waals surface area contributed by atoms with Crippen LogP contribution in [0.1, 0.15) is 47.1 Å². The molecule has 2 aliphatic carbocycles. The van der Waals surface area contributed by atoms with Crippen LogP contribution in [0.25, 0.3) is 0 Å². The molecule has 2 amide bonds. The van der Waals surface area contributed by atoms with Crippen molar-refractivity contribution in [1.82, 2.24) is 13.9 Å². The van der Waals surface area contributed by atoms with Crippen LogP contribution in [0.15, 0.2) is 36.4 Å². The molecule has 0 bridgehead atoms. The van der Waals surface area contributed by atoms with Gasteiger partial charge in [0.05, 0.1) is 0 Å². The third-order valence-electron chi connectivity index (χ3n) is 6.79. The highest BCUT2D eigenvalue weighted by molar-refractivity contribution is 7.87. The fraction of sp³-hybridized carbons (Fsp3) is 0.500. The summed E-state index contributed by atoms with van der Waals surface area (Å²) in [4.78, 5) is 14.9. The van der Waals surface area contributed by atoms with Gasteiger partial charge in [-0.2, -0.15) is 12.7 Å². The van der Waals surface area contributed by atoms with Gasteiger partial charge in [-0.15, -0.1) is 0 Å². The minimum Gasteiger partial charge on any atom is -0.308 e. The Labute approximate surface area is 203 Å². The van der Waals surface area contributed by atoms with Crippen LogP contribution in [0, 0.1) is 0 Å². The molecule has 0 fully saturated rings. The van der Waals surface area contributed by atoms with E-state index in [1.807, 2.05) is 49.3 Å². The van der Waals surface area contributed by atoms with E-state index in [4.69, 9.17) is 0 Å². The largest absolute Gasteiger partial charge is 0.333 e. The van der Waals surface area contributed by atoms with Gasteiger partial charge in [0.1, 0.15) is 0 Å². The van der Waals surface area contributed by atoms with Crippen molar-refractivity contribution in [3.8, 4) is 0 Å². The molecule has 2 aliphatic rings. The maximum atomic E-state index is 13.2. The van der Waals surface area contributed by atoms with Gasteiger partial charge in [0.25, 0.3) is 0 Å². The number of hydrogen-bond acceptors (Lipinski definition) is 4. The van der Waals surface area contributed by atoms with E-state index >= 15 is 0 Å². The van der Waals surface area contributed by atoms with Crippen molar-refractivity contribution >= 4 is 21.9 Å². The smallest absolute Gasteiger partial charge is 0.308 e. The van der Waals surface area contributed by atoms with Gasteiger partial charge in [0, 0.05) is 25.3 Å². The number of carbonyl (C=O) groups is 1. The molecule has 2 N–H and O–H groups in total. The normalized spacial score (nSPS) is 14.9. The molecule has 0 unspecified atom stereocenters. The molecule has 0 atom stereocenters. The van der Waals surface area contributed by atoms with Crippen LogP contribution in [0.2, 0.25) is 0 Å². The first-order chi connectivity index (χ1) is 16.3. The van der Waals surface area contributed by atoms with Crippen molar-refractivity contribution in [2.24, 2.45) is 0 Å². The van der Waals surface area contributed by atoms with Crippen molar-refractivity contribution < 1.29 is 13.2 Å². The van der Waals surface area contributed by atoms with Crippen LogP contribution in [-0.4, -0.2) is 57.4 Å². The van der Waals surface area contributed by atoms with Crippen molar-refractivity contribution in [1.29, 1.82) is 0 Å². The maximum Gasteiger partial charge on any atom is 0.333 e. The lowest BCUT2D eigenvalue weighted by atomic mass is 9.99. The number of hydrogen-bond donors (Lipinski definition) is 2. The van der Waals surface area contributed by atoms with Gasteiger partial charge in [-0.3, -0.25) is 0 Å². The first-order valence-corrected chi connectivity index (χ1v) is 13.7. The zero-order valence-corrected chi connectivity index (χ0v) is 21.1. The molecular formula is C26H36N4O3S. The first kappa shape index (κ1) is 24.7. The van der Waals surface area contributed by atoms with Crippen LogP contribution in [0.3, 0.4) is 0 Å². The highest BCUT2D eigenvalue weighted by Gasteiger charge is 2.28. The molecule has 7 nitrogen and oxygen atoms in total. The zero-order chi connectivity index (χ0) is 24.1. The fourth-order valence-electron chi connectivity index (χ4n) is 5.06. The summed E-state index contributed by atoms with van der Waals surface area (Å²) in [5, 5.41) is 2.93. The summed E-state index contributed by atoms with van der Waals surface area (Å²) in [5.41, 5.74) is 6.98. The number of carbonyl (C=O) groups excluding carboxylic acids is 1. The van der Waals surface area contributed by atoms with Crippen LogP contribution in [0.4, 0.5) is 10.5 Å². The molecule has 2 aromatic rings. The number of benzene rings is 2. The Balaban J connectivity index is 1.44. The standard InChI is InChI=1S/C26H36N4O3S/c1-29(2)17-18-30(16-8-11-20-9-4-3-5-10-20)34(32,33)28-26(31)27-25-23-14-6-12-21(23)19-22-13-7-15-24(22)25/h3-5,9-10,19H,6-8,11-18H2,1-2H3,(H2,27,28,31). The number of urea groups is 1. The third-order valence-corrected chi connectivity index (χ3v) is 8.27. The van der Waals surface area contributed by atoms with Crippen molar-refractivity contribution in [2.45, 2.75) is 51.4 Å². The summed E-state index contributed by atoms with van der Waals surface area (Å²) in [6.07, 6.45) is 7.52. The second kappa shape index (κ2) is 10.9. The molecule has 184 valence electrons. The minimum absolute atomic E-state index is 0.320. The number of rotatable bonds is 10. The molecule has 0 saturated heterocycles. The number of nitrogens with zero attached hydrogens (tertiary/aromatic N) is 2.